The average Bonchev–Trinajstić information content (AvgIpc) is 2.16. The Morgan fingerprint density at radius 3 is 2.73 bits per heavy atom. The van der Waals surface area contributed by atoms with Gasteiger partial charge in [0.15, 0.2) is 0 Å². The van der Waals surface area contributed by atoms with E-state index >= 15 is 0 Å². The third kappa shape index (κ3) is 1.45. The van der Waals surface area contributed by atoms with Crippen molar-refractivity contribution in [2.75, 3.05) is 0 Å². The van der Waals surface area contributed by atoms with Gasteiger partial charge in [-0.05, 0) is 26.2 Å². The van der Waals surface area contributed by atoms with Crippen molar-refractivity contribution in [1.29, 1.82) is 0 Å². The van der Waals surface area contributed by atoms with Crippen molar-refractivity contribution in [2.24, 2.45) is 0 Å². The molecule has 0 bridgehead atoms. The highest BCUT2D eigenvalue weighted by molar-refractivity contribution is 5.00. The fraction of sp³-hybridized carbons (Fsp3) is 1.00. The normalized spacial score (nSPS) is 45.9. The minimum atomic E-state index is -1.54. The minimum Gasteiger partial charge on any atom is -0.360 e. The largest absolute Gasteiger partial charge is 0.360 e. The Morgan fingerprint density at radius 2 is 2.07 bits per heavy atom. The average molecular weight is 215 g/mol. The Labute approximate surface area is 88.6 Å². The molecule has 3 atom stereocenters. The van der Waals surface area contributed by atoms with E-state index in [0.29, 0.717) is 25.7 Å². The fourth-order valence-electron chi connectivity index (χ4n) is 2.86. The van der Waals surface area contributed by atoms with Crippen LogP contribution in [-0.4, -0.2) is 27.5 Å². The Morgan fingerprint density at radius 1 is 1.40 bits per heavy atom. The third-order valence-electron chi connectivity index (χ3n) is 3.79. The second-order valence-electron chi connectivity index (χ2n) is 4.75. The van der Waals surface area contributed by atoms with E-state index in [9.17, 15) is 15.2 Å². The third-order valence-corrected chi connectivity index (χ3v) is 3.79. The van der Waals surface area contributed by atoms with Crippen molar-refractivity contribution in [3.63, 3.8) is 0 Å². The zero-order valence-corrected chi connectivity index (χ0v) is 8.94. The van der Waals surface area contributed by atoms with Gasteiger partial charge in [0.1, 0.15) is 0 Å². The predicted molar refractivity (Wildman–Crippen MR) is 52.9 cm³/mol. The predicted octanol–water partition coefficient (Wildman–Crippen LogP) is 1.46. The maximum Gasteiger partial charge on any atom is 0.274 e. The van der Waals surface area contributed by atoms with Gasteiger partial charge in [0.05, 0.1) is 6.10 Å². The number of hydrogen-bond donors (Lipinski definition) is 1. The monoisotopic (exact) mass is 215 g/mol. The number of ether oxygens (including phenoxy) is 1. The summed E-state index contributed by atoms with van der Waals surface area (Å²) >= 11 is 0. The molecule has 0 aromatic carbocycles. The van der Waals surface area contributed by atoms with Crippen molar-refractivity contribution < 1.29 is 14.8 Å². The van der Waals surface area contributed by atoms with Crippen LogP contribution in [0.3, 0.4) is 0 Å². The van der Waals surface area contributed by atoms with Crippen molar-refractivity contribution >= 4 is 0 Å². The summed E-state index contributed by atoms with van der Waals surface area (Å²) in [6.45, 7) is 1.86. The SMILES string of the molecule is CC1CCC2([N+](=O)[O-])CCCCC2(O)O1. The Balaban J connectivity index is 2.34. The molecule has 2 fully saturated rings. The Bertz CT molecular complexity index is 283. The smallest absolute Gasteiger partial charge is 0.274 e. The molecule has 15 heavy (non-hydrogen) atoms. The first-order valence-corrected chi connectivity index (χ1v) is 5.55. The number of nitro groups is 1. The van der Waals surface area contributed by atoms with Gasteiger partial charge in [0.25, 0.3) is 5.54 Å². The van der Waals surface area contributed by atoms with Crippen LogP contribution in [0.5, 0.6) is 0 Å². The van der Waals surface area contributed by atoms with Gasteiger partial charge in [-0.1, -0.05) is 0 Å². The number of aliphatic hydroxyl groups is 1. The topological polar surface area (TPSA) is 72.6 Å². The molecule has 5 heteroatoms. The van der Waals surface area contributed by atoms with Gasteiger partial charge < -0.3 is 9.84 Å². The van der Waals surface area contributed by atoms with Gasteiger partial charge in [-0.3, -0.25) is 10.1 Å². The van der Waals surface area contributed by atoms with Crippen LogP contribution in [0.1, 0.15) is 45.4 Å². The van der Waals surface area contributed by atoms with Crippen LogP contribution < -0.4 is 0 Å². The van der Waals surface area contributed by atoms with Crippen LogP contribution in [0.15, 0.2) is 0 Å². The lowest BCUT2D eigenvalue weighted by molar-refractivity contribution is -0.629. The molecule has 0 aromatic heterocycles. The van der Waals surface area contributed by atoms with E-state index in [0.717, 1.165) is 12.8 Å². The minimum absolute atomic E-state index is 0.0822. The molecule has 86 valence electrons. The van der Waals surface area contributed by atoms with Crippen molar-refractivity contribution in [3.05, 3.63) is 10.1 Å². The lowest BCUT2D eigenvalue weighted by atomic mass is 9.71. The molecule has 1 aliphatic heterocycles. The fourth-order valence-corrected chi connectivity index (χ4v) is 2.86. The lowest BCUT2D eigenvalue weighted by Gasteiger charge is -2.47. The number of rotatable bonds is 1. The Kier molecular flexibility index (Phi) is 2.47. The summed E-state index contributed by atoms with van der Waals surface area (Å²) in [6.07, 6.45) is 3.43. The van der Waals surface area contributed by atoms with Gasteiger partial charge in [-0.15, -0.1) is 0 Å². The highest BCUT2D eigenvalue weighted by Crippen LogP contribution is 2.47. The molecule has 0 radical (unpaired) electrons. The van der Waals surface area contributed by atoms with Crippen LogP contribution in [0, 0.1) is 10.1 Å². The highest BCUT2D eigenvalue weighted by atomic mass is 16.7. The summed E-state index contributed by atoms with van der Waals surface area (Å²) in [5, 5.41) is 21.5. The molecule has 5 nitrogen and oxygen atoms in total. The molecule has 1 heterocycles. The lowest BCUT2D eigenvalue weighted by Crippen LogP contribution is -2.65. The van der Waals surface area contributed by atoms with Crippen molar-refractivity contribution in [1.82, 2.24) is 0 Å². The summed E-state index contributed by atoms with van der Waals surface area (Å²) < 4.78 is 5.46. The molecule has 1 saturated carbocycles. The summed E-state index contributed by atoms with van der Waals surface area (Å²) in [7, 11) is 0. The second kappa shape index (κ2) is 3.42. The highest BCUT2D eigenvalue weighted by Gasteiger charge is 2.65. The molecule has 1 N–H and O–H groups in total. The standard InChI is InChI=1S/C10H17NO4/c1-8-4-7-9(11(13)14)5-2-3-6-10(9,12)15-8/h8,12H,2-7H2,1H3. The molecule has 3 unspecified atom stereocenters. The van der Waals surface area contributed by atoms with E-state index in [1.165, 1.54) is 0 Å². The van der Waals surface area contributed by atoms with Crippen LogP contribution >= 0.6 is 0 Å². The maximum absolute atomic E-state index is 11.2. The molecule has 0 aromatic rings. The van der Waals surface area contributed by atoms with Crippen LogP contribution in [-0.2, 0) is 4.74 Å². The van der Waals surface area contributed by atoms with Gasteiger partial charge >= 0.3 is 0 Å². The quantitative estimate of drug-likeness (QED) is 0.531. The molecule has 1 aliphatic carbocycles. The van der Waals surface area contributed by atoms with Gasteiger partial charge in [-0.2, -0.15) is 0 Å². The Hall–Kier alpha value is -0.680. The summed E-state index contributed by atoms with van der Waals surface area (Å²) in [5.74, 6) is -1.54. The molecule has 2 aliphatic rings. The molecular formula is C10H17NO4. The van der Waals surface area contributed by atoms with Crippen molar-refractivity contribution in [2.45, 2.75) is 62.9 Å². The van der Waals surface area contributed by atoms with Crippen molar-refractivity contribution in [3.8, 4) is 0 Å². The van der Waals surface area contributed by atoms with E-state index in [4.69, 9.17) is 4.74 Å². The first-order chi connectivity index (χ1) is 7.00. The van der Waals surface area contributed by atoms with Crippen LogP contribution in [0.4, 0.5) is 0 Å². The molecular weight excluding hydrogens is 198 g/mol. The first-order valence-electron chi connectivity index (χ1n) is 5.55. The molecule has 0 spiro atoms. The van der Waals surface area contributed by atoms with E-state index in [1.54, 1.807) is 0 Å². The maximum atomic E-state index is 11.2. The summed E-state index contributed by atoms with van der Waals surface area (Å²) in [5.41, 5.74) is -1.25. The number of fused-ring (bicyclic) bond motifs is 1. The van der Waals surface area contributed by atoms with E-state index in [2.05, 4.69) is 0 Å². The second-order valence-corrected chi connectivity index (χ2v) is 4.75. The van der Waals surface area contributed by atoms with Gasteiger partial charge in [-0.25, -0.2) is 0 Å². The summed E-state index contributed by atoms with van der Waals surface area (Å²) in [4.78, 5) is 10.9. The zero-order valence-electron chi connectivity index (χ0n) is 8.94. The van der Waals surface area contributed by atoms with E-state index < -0.39 is 11.3 Å². The van der Waals surface area contributed by atoms with E-state index in [1.807, 2.05) is 6.92 Å². The summed E-state index contributed by atoms with van der Waals surface area (Å²) in [6, 6.07) is 0. The van der Waals surface area contributed by atoms with Crippen LogP contribution in [0.2, 0.25) is 0 Å². The molecule has 2 rings (SSSR count). The van der Waals surface area contributed by atoms with Gasteiger partial charge in [0.2, 0.25) is 5.79 Å². The van der Waals surface area contributed by atoms with Gasteiger partial charge in [0, 0.05) is 24.2 Å². The van der Waals surface area contributed by atoms with Crippen LogP contribution in [0.25, 0.3) is 0 Å². The molecule has 1 saturated heterocycles. The zero-order chi connectivity index (χ0) is 11.1. The molecule has 0 amide bonds. The van der Waals surface area contributed by atoms with E-state index in [-0.39, 0.29) is 11.0 Å². The number of hydrogen-bond acceptors (Lipinski definition) is 4. The number of nitrogens with zero attached hydrogens (tertiary/aromatic N) is 1. The first kappa shape index (κ1) is 10.8.